The van der Waals surface area contributed by atoms with Gasteiger partial charge in [-0.15, -0.1) is 0 Å². The zero-order valence-corrected chi connectivity index (χ0v) is 13.0. The summed E-state index contributed by atoms with van der Waals surface area (Å²) >= 11 is 6.33. The average Bonchev–Trinajstić information content (AvgIpc) is 2.48. The Morgan fingerprint density at radius 2 is 2.29 bits per heavy atom. The van der Waals surface area contributed by atoms with Crippen LogP contribution >= 0.6 is 11.6 Å². The van der Waals surface area contributed by atoms with E-state index in [1.165, 1.54) is 32.1 Å². The molecule has 0 bridgehead atoms. The molecule has 4 nitrogen and oxygen atoms in total. The van der Waals surface area contributed by atoms with E-state index in [1.54, 1.807) is 6.07 Å². The van der Waals surface area contributed by atoms with Crippen molar-refractivity contribution in [2.45, 2.75) is 45.1 Å². The fourth-order valence-electron chi connectivity index (χ4n) is 3.22. The van der Waals surface area contributed by atoms with E-state index < -0.39 is 0 Å². The summed E-state index contributed by atoms with van der Waals surface area (Å²) in [6.07, 6.45) is 6.22. The molecule has 0 saturated heterocycles. The van der Waals surface area contributed by atoms with Crippen LogP contribution in [0.3, 0.4) is 0 Å². The second-order valence-corrected chi connectivity index (χ2v) is 6.35. The highest BCUT2D eigenvalue weighted by Crippen LogP contribution is 2.38. The van der Waals surface area contributed by atoms with Crippen LogP contribution in [0.1, 0.15) is 39.0 Å². The summed E-state index contributed by atoms with van der Waals surface area (Å²) in [6, 6.07) is 4.13. The van der Waals surface area contributed by atoms with Gasteiger partial charge in [0.25, 0.3) is 5.91 Å². The van der Waals surface area contributed by atoms with Crippen LogP contribution in [0.5, 0.6) is 5.75 Å². The van der Waals surface area contributed by atoms with Crippen molar-refractivity contribution < 1.29 is 9.53 Å². The summed E-state index contributed by atoms with van der Waals surface area (Å²) in [5, 5.41) is 6.95. The van der Waals surface area contributed by atoms with Crippen molar-refractivity contribution in [3.63, 3.8) is 0 Å². The van der Waals surface area contributed by atoms with Gasteiger partial charge < -0.3 is 15.4 Å². The Morgan fingerprint density at radius 3 is 3.10 bits per heavy atom. The van der Waals surface area contributed by atoms with Gasteiger partial charge in [0, 0.05) is 12.1 Å². The predicted molar refractivity (Wildman–Crippen MR) is 85.2 cm³/mol. The first-order valence-electron chi connectivity index (χ1n) is 7.68. The first kappa shape index (κ1) is 14.5. The highest BCUT2D eigenvalue weighted by atomic mass is 35.5. The van der Waals surface area contributed by atoms with Gasteiger partial charge in [0.2, 0.25) is 0 Å². The monoisotopic (exact) mass is 308 g/mol. The smallest absolute Gasteiger partial charge is 0.262 e. The number of ether oxygens (including phenoxy) is 1. The highest BCUT2D eigenvalue weighted by Gasteiger charge is 2.23. The van der Waals surface area contributed by atoms with Gasteiger partial charge in [0.1, 0.15) is 5.75 Å². The molecule has 2 N–H and O–H groups in total. The zero-order chi connectivity index (χ0) is 14.8. The Morgan fingerprint density at radius 1 is 1.43 bits per heavy atom. The standard InChI is InChI=1S/C16H21ClN2O2/c1-2-10-4-3-5-11(6-10)18-13-8-15-14(7-12(13)17)19-16(20)9-21-15/h7-8,10-11,18H,2-6,9H2,1H3,(H,19,20). The van der Waals surface area contributed by atoms with Gasteiger partial charge in [-0.05, 0) is 24.8 Å². The minimum atomic E-state index is -0.141. The molecule has 2 unspecified atom stereocenters. The molecule has 5 heteroatoms. The summed E-state index contributed by atoms with van der Waals surface area (Å²) in [5.41, 5.74) is 1.55. The summed E-state index contributed by atoms with van der Waals surface area (Å²) in [4.78, 5) is 11.3. The van der Waals surface area contributed by atoms with Gasteiger partial charge in [-0.2, -0.15) is 0 Å². The van der Waals surface area contributed by atoms with Crippen LogP contribution in [0.4, 0.5) is 11.4 Å². The van der Waals surface area contributed by atoms with E-state index in [0.29, 0.717) is 22.5 Å². The molecule has 1 aromatic rings. The van der Waals surface area contributed by atoms with Gasteiger partial charge in [-0.1, -0.05) is 37.8 Å². The molecule has 114 valence electrons. The summed E-state index contributed by atoms with van der Waals surface area (Å²) in [5.74, 6) is 1.35. The molecule has 1 heterocycles. The molecule has 0 aromatic heterocycles. The molecule has 21 heavy (non-hydrogen) atoms. The summed E-state index contributed by atoms with van der Waals surface area (Å²) in [6.45, 7) is 2.32. The molecule has 1 fully saturated rings. The third kappa shape index (κ3) is 3.26. The van der Waals surface area contributed by atoms with Crippen molar-refractivity contribution in [2.75, 3.05) is 17.2 Å². The van der Waals surface area contributed by atoms with Gasteiger partial charge in [0.05, 0.1) is 16.4 Å². The Balaban J connectivity index is 1.75. The van der Waals surface area contributed by atoms with Gasteiger partial charge >= 0.3 is 0 Å². The molecular formula is C16H21ClN2O2. The molecule has 1 aromatic carbocycles. The number of anilines is 2. The van der Waals surface area contributed by atoms with Crippen molar-refractivity contribution in [1.29, 1.82) is 0 Å². The molecule has 1 aliphatic heterocycles. The number of amides is 1. The van der Waals surface area contributed by atoms with Crippen molar-refractivity contribution in [3.8, 4) is 5.75 Å². The number of fused-ring (bicyclic) bond motifs is 1. The maximum absolute atomic E-state index is 11.3. The number of carbonyl (C=O) groups is 1. The van der Waals surface area contributed by atoms with Gasteiger partial charge in [-0.25, -0.2) is 0 Å². The maximum atomic E-state index is 11.3. The number of carbonyl (C=O) groups excluding carboxylic acids is 1. The fourth-order valence-corrected chi connectivity index (χ4v) is 3.44. The number of nitrogens with one attached hydrogen (secondary N) is 2. The predicted octanol–water partition coefficient (Wildman–Crippen LogP) is 4.05. The van der Waals surface area contributed by atoms with Crippen LogP contribution in [0.25, 0.3) is 0 Å². The van der Waals surface area contributed by atoms with E-state index in [0.717, 1.165) is 11.6 Å². The van der Waals surface area contributed by atoms with E-state index in [9.17, 15) is 4.79 Å². The Hall–Kier alpha value is -1.42. The van der Waals surface area contributed by atoms with Crippen molar-refractivity contribution in [3.05, 3.63) is 17.2 Å². The Kier molecular flexibility index (Phi) is 4.24. The number of hydrogen-bond acceptors (Lipinski definition) is 3. The molecule has 0 spiro atoms. The highest BCUT2D eigenvalue weighted by molar-refractivity contribution is 6.33. The lowest BCUT2D eigenvalue weighted by Crippen LogP contribution is -2.28. The van der Waals surface area contributed by atoms with Crippen molar-refractivity contribution in [2.24, 2.45) is 5.92 Å². The van der Waals surface area contributed by atoms with Crippen LogP contribution in [0, 0.1) is 5.92 Å². The van der Waals surface area contributed by atoms with E-state index >= 15 is 0 Å². The van der Waals surface area contributed by atoms with E-state index in [2.05, 4.69) is 17.6 Å². The molecule has 1 amide bonds. The largest absolute Gasteiger partial charge is 0.482 e. The molecule has 2 atom stereocenters. The quantitative estimate of drug-likeness (QED) is 0.885. The Labute approximate surface area is 130 Å². The molecule has 1 saturated carbocycles. The van der Waals surface area contributed by atoms with Crippen molar-refractivity contribution in [1.82, 2.24) is 0 Å². The number of hydrogen-bond donors (Lipinski definition) is 2. The maximum Gasteiger partial charge on any atom is 0.262 e. The number of benzene rings is 1. The molecular weight excluding hydrogens is 288 g/mol. The lowest BCUT2D eigenvalue weighted by molar-refractivity contribution is -0.118. The zero-order valence-electron chi connectivity index (χ0n) is 12.2. The van der Waals surface area contributed by atoms with Crippen LogP contribution < -0.4 is 15.4 Å². The molecule has 2 aliphatic rings. The van der Waals surface area contributed by atoms with E-state index in [4.69, 9.17) is 16.3 Å². The fraction of sp³-hybridized carbons (Fsp3) is 0.562. The average molecular weight is 309 g/mol. The topological polar surface area (TPSA) is 50.4 Å². The Bertz CT molecular complexity index is 547. The molecule has 0 radical (unpaired) electrons. The lowest BCUT2D eigenvalue weighted by atomic mass is 9.84. The molecule has 3 rings (SSSR count). The SMILES string of the molecule is CCC1CCCC(Nc2cc3c(cc2Cl)NC(=O)CO3)C1. The first-order valence-corrected chi connectivity index (χ1v) is 8.06. The second kappa shape index (κ2) is 6.14. The molecule has 1 aliphatic carbocycles. The normalized spacial score (nSPS) is 24.8. The van der Waals surface area contributed by atoms with E-state index in [-0.39, 0.29) is 12.5 Å². The third-order valence-corrected chi connectivity index (χ3v) is 4.73. The third-order valence-electron chi connectivity index (χ3n) is 4.42. The van der Waals surface area contributed by atoms with Crippen LogP contribution in [-0.4, -0.2) is 18.6 Å². The first-order chi connectivity index (χ1) is 10.2. The summed E-state index contributed by atoms with van der Waals surface area (Å²) in [7, 11) is 0. The second-order valence-electron chi connectivity index (χ2n) is 5.95. The van der Waals surface area contributed by atoms with Crippen LogP contribution in [-0.2, 0) is 4.79 Å². The van der Waals surface area contributed by atoms with E-state index in [1.807, 2.05) is 6.07 Å². The minimum Gasteiger partial charge on any atom is -0.482 e. The van der Waals surface area contributed by atoms with Gasteiger partial charge in [-0.3, -0.25) is 4.79 Å². The van der Waals surface area contributed by atoms with Crippen LogP contribution in [0.15, 0.2) is 12.1 Å². The van der Waals surface area contributed by atoms with Crippen LogP contribution in [0.2, 0.25) is 5.02 Å². The number of rotatable bonds is 3. The number of halogens is 1. The minimum absolute atomic E-state index is 0.0649. The van der Waals surface area contributed by atoms with Crippen molar-refractivity contribution >= 4 is 28.9 Å². The summed E-state index contributed by atoms with van der Waals surface area (Å²) < 4.78 is 5.45. The van der Waals surface area contributed by atoms with Gasteiger partial charge in [0.15, 0.2) is 6.61 Å². The lowest BCUT2D eigenvalue weighted by Gasteiger charge is -2.30.